The minimum atomic E-state index is -5.08. The number of hydrogen-bond donors (Lipinski definition) is 2. The molecule has 11 heteroatoms. The van der Waals surface area contributed by atoms with Gasteiger partial charge in [0, 0.05) is 28.4 Å². The van der Waals surface area contributed by atoms with Gasteiger partial charge in [-0.15, -0.1) is 11.3 Å². The normalized spacial score (nSPS) is 17.6. The molecule has 30 heavy (non-hydrogen) atoms. The molecular weight excluding hydrogens is 445 g/mol. The Hall–Kier alpha value is -2.14. The largest absolute Gasteiger partial charge is 0.471 e. The molecule has 0 radical (unpaired) electrons. The second-order valence-corrected chi connectivity index (χ2v) is 8.45. The average Bonchev–Trinajstić information content (AvgIpc) is 3.27. The lowest BCUT2D eigenvalue weighted by molar-refractivity contribution is -0.167. The highest BCUT2D eigenvalue weighted by Gasteiger charge is 2.44. The third-order valence-corrected chi connectivity index (χ3v) is 6.30. The molecule has 0 saturated carbocycles. The number of ether oxygens (including phenoxy) is 2. The van der Waals surface area contributed by atoms with E-state index in [4.69, 9.17) is 21.1 Å². The Kier molecular flexibility index (Phi) is 5.52. The Morgan fingerprint density at radius 2 is 1.77 bits per heavy atom. The topological polar surface area (TPSA) is 76.7 Å². The zero-order valence-corrected chi connectivity index (χ0v) is 17.0. The minimum Gasteiger partial charge on any atom is -0.347 e. The Morgan fingerprint density at radius 3 is 2.40 bits per heavy atom. The Balaban J connectivity index is 1.68. The lowest BCUT2D eigenvalue weighted by Crippen LogP contribution is -2.36. The predicted molar refractivity (Wildman–Crippen MR) is 105 cm³/mol. The first kappa shape index (κ1) is 21.1. The van der Waals surface area contributed by atoms with Gasteiger partial charge < -0.3 is 20.1 Å². The summed E-state index contributed by atoms with van der Waals surface area (Å²) in [6, 6.07) is 6.29. The van der Waals surface area contributed by atoms with Crippen molar-refractivity contribution in [3.05, 3.63) is 45.3 Å². The number of halogens is 4. The fourth-order valence-corrected chi connectivity index (χ4v) is 4.99. The van der Waals surface area contributed by atoms with E-state index in [2.05, 4.69) is 5.32 Å². The lowest BCUT2D eigenvalue weighted by atomic mass is 9.90. The van der Waals surface area contributed by atoms with Crippen LogP contribution in [0.25, 0.3) is 0 Å². The van der Waals surface area contributed by atoms with Gasteiger partial charge in [-0.3, -0.25) is 9.59 Å². The van der Waals surface area contributed by atoms with Crippen LogP contribution in [0.4, 0.5) is 23.9 Å². The Labute approximate surface area is 178 Å². The summed E-state index contributed by atoms with van der Waals surface area (Å²) in [5.41, 5.74) is 1.04. The first-order chi connectivity index (χ1) is 14.2. The fraction of sp³-hybridized carbons (Fsp3) is 0.368. The van der Waals surface area contributed by atoms with Gasteiger partial charge in [0.05, 0.1) is 18.8 Å². The van der Waals surface area contributed by atoms with Gasteiger partial charge in [0.1, 0.15) is 5.00 Å². The van der Waals surface area contributed by atoms with Crippen LogP contribution in [-0.4, -0.2) is 37.0 Å². The molecule has 6 nitrogen and oxygen atoms in total. The third-order valence-electron chi connectivity index (χ3n) is 4.90. The van der Waals surface area contributed by atoms with Gasteiger partial charge in [0.25, 0.3) is 5.91 Å². The number of rotatable bonds is 3. The van der Waals surface area contributed by atoms with E-state index in [1.165, 1.54) is 0 Å². The number of nitrogens with one attached hydrogen (secondary N) is 2. The molecule has 1 saturated heterocycles. The van der Waals surface area contributed by atoms with Crippen molar-refractivity contribution < 1.29 is 32.2 Å². The summed E-state index contributed by atoms with van der Waals surface area (Å²) in [5.74, 6) is -3.58. The van der Waals surface area contributed by atoms with Gasteiger partial charge in [-0.1, -0.05) is 11.6 Å². The first-order valence-corrected chi connectivity index (χ1v) is 10.2. The fourth-order valence-electron chi connectivity index (χ4n) is 3.54. The van der Waals surface area contributed by atoms with Crippen molar-refractivity contribution in [2.45, 2.75) is 31.2 Å². The van der Waals surface area contributed by atoms with Gasteiger partial charge in [-0.2, -0.15) is 13.2 Å². The van der Waals surface area contributed by atoms with Gasteiger partial charge in [-0.05, 0) is 36.2 Å². The van der Waals surface area contributed by atoms with E-state index < -0.39 is 23.8 Å². The number of benzene rings is 1. The van der Waals surface area contributed by atoms with Gasteiger partial charge in [-0.25, -0.2) is 0 Å². The first-order valence-electron chi connectivity index (χ1n) is 9.04. The van der Waals surface area contributed by atoms with Gasteiger partial charge in [0.2, 0.25) is 0 Å². The van der Waals surface area contributed by atoms with Crippen molar-refractivity contribution in [2.75, 3.05) is 23.8 Å². The molecule has 1 aromatic heterocycles. The SMILES string of the molecule is O=C(Nc1ccc(Cl)cc1)c1c(NC(=O)C(F)(F)F)sc2c1CCC1(C2)OCCO1. The molecule has 1 aliphatic heterocycles. The Morgan fingerprint density at radius 1 is 1.10 bits per heavy atom. The van der Waals surface area contributed by atoms with E-state index in [9.17, 15) is 22.8 Å². The van der Waals surface area contributed by atoms with E-state index >= 15 is 0 Å². The lowest BCUT2D eigenvalue weighted by Gasteiger charge is -2.31. The van der Waals surface area contributed by atoms with E-state index in [1.807, 2.05) is 5.32 Å². The zero-order valence-electron chi connectivity index (χ0n) is 15.4. The molecule has 2 aliphatic rings. The number of carbonyl (C=O) groups excluding carboxylic acids is 2. The summed E-state index contributed by atoms with van der Waals surface area (Å²) in [5, 5.41) is 4.83. The molecule has 1 aliphatic carbocycles. The maximum Gasteiger partial charge on any atom is 0.471 e. The molecule has 2 heterocycles. The van der Waals surface area contributed by atoms with Crippen molar-refractivity contribution in [2.24, 2.45) is 0 Å². The number of anilines is 2. The number of alkyl halides is 3. The van der Waals surface area contributed by atoms with Crippen LogP contribution in [0.5, 0.6) is 0 Å². The summed E-state index contributed by atoms with van der Waals surface area (Å²) < 4.78 is 49.8. The second-order valence-electron chi connectivity index (χ2n) is 6.91. The molecule has 2 amide bonds. The second kappa shape index (κ2) is 7.84. The van der Waals surface area contributed by atoms with Gasteiger partial charge in [0.15, 0.2) is 5.79 Å². The number of carbonyl (C=O) groups is 2. The summed E-state index contributed by atoms with van der Waals surface area (Å²) in [6.45, 7) is 0.866. The number of hydrogen-bond acceptors (Lipinski definition) is 5. The summed E-state index contributed by atoms with van der Waals surface area (Å²) in [7, 11) is 0. The van der Waals surface area contributed by atoms with E-state index in [-0.39, 0.29) is 10.6 Å². The number of amides is 2. The molecule has 1 spiro atoms. The molecule has 0 atom stereocenters. The molecular formula is C19H16ClF3N2O4S. The third kappa shape index (κ3) is 4.18. The monoisotopic (exact) mass is 460 g/mol. The number of thiophene rings is 1. The predicted octanol–water partition coefficient (Wildman–Crippen LogP) is 4.39. The molecule has 2 N–H and O–H groups in total. The van der Waals surface area contributed by atoms with Crippen molar-refractivity contribution in [3.63, 3.8) is 0 Å². The van der Waals surface area contributed by atoms with Crippen molar-refractivity contribution in [1.82, 2.24) is 0 Å². The van der Waals surface area contributed by atoms with Crippen LogP contribution in [0.3, 0.4) is 0 Å². The van der Waals surface area contributed by atoms with E-state index in [1.54, 1.807) is 24.3 Å². The molecule has 0 bridgehead atoms. The average molecular weight is 461 g/mol. The van der Waals surface area contributed by atoms with Crippen LogP contribution in [0.1, 0.15) is 27.2 Å². The standard InChI is InChI=1S/C19H16ClF3N2O4S/c20-10-1-3-11(4-2-10)24-15(26)14-12-5-6-18(28-7-8-29-18)9-13(12)30-16(14)25-17(27)19(21,22)23/h1-4H,5-9H2,(H,24,26)(H,25,27). The highest BCUT2D eigenvalue weighted by Crippen LogP contribution is 2.44. The van der Waals surface area contributed by atoms with Crippen LogP contribution in [0.15, 0.2) is 24.3 Å². The maximum absolute atomic E-state index is 13.0. The maximum atomic E-state index is 13.0. The summed E-state index contributed by atoms with van der Waals surface area (Å²) in [4.78, 5) is 25.2. The molecule has 1 fully saturated rings. The van der Waals surface area contributed by atoms with Crippen LogP contribution in [0, 0.1) is 0 Å². The molecule has 0 unspecified atom stereocenters. The highest BCUT2D eigenvalue weighted by molar-refractivity contribution is 7.17. The van der Waals surface area contributed by atoms with Crippen molar-refractivity contribution in [1.29, 1.82) is 0 Å². The van der Waals surface area contributed by atoms with Crippen LogP contribution in [-0.2, 0) is 27.1 Å². The van der Waals surface area contributed by atoms with Crippen LogP contribution < -0.4 is 10.6 Å². The smallest absolute Gasteiger partial charge is 0.347 e. The molecule has 4 rings (SSSR count). The van der Waals surface area contributed by atoms with E-state index in [0.717, 1.165) is 11.3 Å². The minimum absolute atomic E-state index is 0.0235. The zero-order chi connectivity index (χ0) is 21.5. The quantitative estimate of drug-likeness (QED) is 0.712. The molecule has 2 aromatic rings. The van der Waals surface area contributed by atoms with E-state index in [0.29, 0.717) is 53.6 Å². The van der Waals surface area contributed by atoms with Crippen molar-refractivity contribution in [3.8, 4) is 0 Å². The summed E-state index contributed by atoms with van der Waals surface area (Å²) in [6.07, 6.45) is -3.94. The Bertz CT molecular complexity index is 985. The van der Waals surface area contributed by atoms with Crippen LogP contribution in [0.2, 0.25) is 5.02 Å². The molecule has 1 aromatic carbocycles. The molecule has 160 valence electrons. The van der Waals surface area contributed by atoms with Crippen molar-refractivity contribution >= 4 is 45.4 Å². The summed E-state index contributed by atoms with van der Waals surface area (Å²) >= 11 is 6.77. The number of fused-ring (bicyclic) bond motifs is 1. The van der Waals surface area contributed by atoms with Gasteiger partial charge >= 0.3 is 12.1 Å². The highest BCUT2D eigenvalue weighted by atomic mass is 35.5. The van der Waals surface area contributed by atoms with Crippen LogP contribution >= 0.6 is 22.9 Å².